The Balaban J connectivity index is 1.48. The number of pyridine rings is 1. The molecule has 0 radical (unpaired) electrons. The Bertz CT molecular complexity index is 1420. The van der Waals surface area contributed by atoms with Crippen LogP contribution in [-0.2, 0) is 6.18 Å². The Labute approximate surface area is 205 Å². The van der Waals surface area contributed by atoms with Gasteiger partial charge in [-0.3, -0.25) is 14.8 Å². The maximum Gasteiger partial charge on any atom is 0.416 e. The van der Waals surface area contributed by atoms with E-state index in [2.05, 4.69) is 25.6 Å². The number of halogens is 3. The summed E-state index contributed by atoms with van der Waals surface area (Å²) in [6.45, 7) is 5.91. The lowest BCUT2D eigenvalue weighted by molar-refractivity contribution is -0.137. The number of aryl methyl sites for hydroxylation is 1. The molecule has 2 aliphatic rings. The van der Waals surface area contributed by atoms with E-state index >= 15 is 0 Å². The molecule has 36 heavy (non-hydrogen) atoms. The number of carbonyl (C=O) groups excluding carboxylic acids is 1. The van der Waals surface area contributed by atoms with Gasteiger partial charge in [-0.15, -0.1) is 0 Å². The van der Waals surface area contributed by atoms with Crippen molar-refractivity contribution in [2.75, 3.05) is 35.2 Å². The van der Waals surface area contributed by atoms with Gasteiger partial charge in [-0.1, -0.05) is 6.07 Å². The highest BCUT2D eigenvalue weighted by Gasteiger charge is 2.32. The number of amides is 1. The van der Waals surface area contributed by atoms with E-state index in [9.17, 15) is 18.0 Å². The van der Waals surface area contributed by atoms with Gasteiger partial charge in [-0.05, 0) is 55.3 Å². The lowest BCUT2D eigenvalue weighted by Gasteiger charge is -2.28. The summed E-state index contributed by atoms with van der Waals surface area (Å²) in [5.74, 6) is 1.36. The molecule has 0 unspecified atom stereocenters. The highest BCUT2D eigenvalue weighted by atomic mass is 19.4. The first-order valence-corrected chi connectivity index (χ1v) is 11.3. The van der Waals surface area contributed by atoms with Crippen molar-refractivity contribution in [3.63, 3.8) is 0 Å². The van der Waals surface area contributed by atoms with Crippen molar-refractivity contribution in [2.45, 2.75) is 20.0 Å². The highest BCUT2D eigenvalue weighted by molar-refractivity contribution is 6.36. The standard InChI is InChI=1S/C25H22F3N7O/c1-3-29-24-32-13-15-10-19(22-31-8-9-35(22)21(15)34-24)18-12-17(5-4-14(18)2)33-23(36)20-11-16(6-7-30-20)25(26,27)28/h4-7,10-13H,3,8-9H2,1-2H3,(H,33,36)(H,29,32,34). The summed E-state index contributed by atoms with van der Waals surface area (Å²) >= 11 is 0. The van der Waals surface area contributed by atoms with Crippen LogP contribution >= 0.6 is 0 Å². The van der Waals surface area contributed by atoms with Crippen molar-refractivity contribution in [1.82, 2.24) is 15.0 Å². The number of benzene rings is 1. The molecule has 5 rings (SSSR count). The molecule has 2 aliphatic heterocycles. The van der Waals surface area contributed by atoms with Crippen LogP contribution in [-0.4, -0.2) is 46.3 Å². The minimum absolute atomic E-state index is 0.322. The molecule has 184 valence electrons. The Kier molecular flexibility index (Phi) is 5.91. The molecular weight excluding hydrogens is 471 g/mol. The zero-order valence-electron chi connectivity index (χ0n) is 19.5. The summed E-state index contributed by atoms with van der Waals surface area (Å²) in [5.41, 5.74) is 2.64. The summed E-state index contributed by atoms with van der Waals surface area (Å²) in [4.78, 5) is 32.3. The molecule has 8 nitrogen and oxygen atoms in total. The largest absolute Gasteiger partial charge is 0.416 e. The van der Waals surface area contributed by atoms with Gasteiger partial charge >= 0.3 is 6.18 Å². The van der Waals surface area contributed by atoms with Crippen LogP contribution < -0.4 is 15.5 Å². The number of nitrogens with one attached hydrogen (secondary N) is 2. The second kappa shape index (κ2) is 9.06. The van der Waals surface area contributed by atoms with Crippen molar-refractivity contribution in [2.24, 2.45) is 4.99 Å². The number of alkyl halides is 3. The Morgan fingerprint density at radius 2 is 2.00 bits per heavy atom. The zero-order chi connectivity index (χ0) is 25.4. The number of hydrogen-bond acceptors (Lipinski definition) is 7. The van der Waals surface area contributed by atoms with Crippen LogP contribution in [0.15, 0.2) is 47.7 Å². The minimum Gasteiger partial charge on any atom is -0.354 e. The van der Waals surface area contributed by atoms with E-state index in [1.807, 2.05) is 30.9 Å². The summed E-state index contributed by atoms with van der Waals surface area (Å²) in [5, 5.41) is 5.78. The molecule has 2 N–H and O–H groups in total. The van der Waals surface area contributed by atoms with E-state index in [-0.39, 0.29) is 5.69 Å². The number of aliphatic imine (C=N–C) groups is 1. The van der Waals surface area contributed by atoms with Crippen LogP contribution in [0.1, 0.15) is 39.7 Å². The number of carbonyl (C=O) groups is 1. The van der Waals surface area contributed by atoms with Gasteiger partial charge < -0.3 is 15.5 Å². The molecule has 4 heterocycles. The highest BCUT2D eigenvalue weighted by Crippen LogP contribution is 2.37. The summed E-state index contributed by atoms with van der Waals surface area (Å²) in [6, 6.07) is 6.88. The van der Waals surface area contributed by atoms with Gasteiger partial charge in [0.1, 0.15) is 17.3 Å². The average Bonchev–Trinajstić information content (AvgIpc) is 3.35. The molecule has 3 aromatic rings. The van der Waals surface area contributed by atoms with E-state index in [0.29, 0.717) is 31.3 Å². The predicted molar refractivity (Wildman–Crippen MR) is 132 cm³/mol. The van der Waals surface area contributed by atoms with E-state index in [0.717, 1.165) is 52.2 Å². The molecule has 1 amide bonds. The van der Waals surface area contributed by atoms with E-state index in [1.165, 1.54) is 0 Å². The fourth-order valence-corrected chi connectivity index (χ4v) is 4.16. The molecule has 0 fully saturated rings. The fourth-order valence-electron chi connectivity index (χ4n) is 4.16. The number of aromatic nitrogens is 3. The van der Waals surface area contributed by atoms with Crippen LogP contribution in [0.5, 0.6) is 0 Å². The van der Waals surface area contributed by atoms with Crippen molar-refractivity contribution < 1.29 is 18.0 Å². The Morgan fingerprint density at radius 1 is 1.17 bits per heavy atom. The van der Waals surface area contributed by atoms with E-state index < -0.39 is 17.6 Å². The molecule has 0 saturated carbocycles. The number of rotatable bonds is 5. The van der Waals surface area contributed by atoms with Gasteiger partial charge in [0.2, 0.25) is 5.95 Å². The van der Waals surface area contributed by atoms with Gasteiger partial charge in [0.05, 0.1) is 12.1 Å². The average molecular weight is 493 g/mol. The topological polar surface area (TPSA) is 95.4 Å². The first-order chi connectivity index (χ1) is 17.2. The first-order valence-electron chi connectivity index (χ1n) is 11.3. The molecule has 11 heteroatoms. The van der Waals surface area contributed by atoms with Crippen LogP contribution in [0.2, 0.25) is 0 Å². The summed E-state index contributed by atoms with van der Waals surface area (Å²) in [7, 11) is 0. The molecule has 0 spiro atoms. The third-order valence-corrected chi connectivity index (χ3v) is 5.87. The van der Waals surface area contributed by atoms with Gasteiger partial charge in [0, 0.05) is 42.3 Å². The SMILES string of the molecule is CCNc1ncc2c(n1)N1CCN=C1C(c1cc(NC(=O)c3cc(C(F)(F)F)ccn3)ccc1C)=C2. The van der Waals surface area contributed by atoms with E-state index in [1.54, 1.807) is 18.3 Å². The number of amidine groups is 1. The van der Waals surface area contributed by atoms with Crippen LogP contribution in [0.4, 0.5) is 30.6 Å². The number of hydrogen-bond donors (Lipinski definition) is 2. The van der Waals surface area contributed by atoms with Gasteiger partial charge in [0.25, 0.3) is 5.91 Å². The van der Waals surface area contributed by atoms with E-state index in [4.69, 9.17) is 4.99 Å². The third-order valence-electron chi connectivity index (χ3n) is 5.87. The van der Waals surface area contributed by atoms with Crippen LogP contribution in [0.3, 0.4) is 0 Å². The Morgan fingerprint density at radius 3 is 2.78 bits per heavy atom. The smallest absolute Gasteiger partial charge is 0.354 e. The third kappa shape index (κ3) is 4.39. The molecule has 0 saturated heterocycles. The van der Waals surface area contributed by atoms with Gasteiger partial charge in [-0.2, -0.15) is 18.2 Å². The van der Waals surface area contributed by atoms with Crippen molar-refractivity contribution >= 4 is 40.8 Å². The van der Waals surface area contributed by atoms with Crippen molar-refractivity contribution in [3.8, 4) is 0 Å². The number of nitrogens with zero attached hydrogens (tertiary/aromatic N) is 5. The zero-order valence-corrected chi connectivity index (χ0v) is 19.5. The van der Waals surface area contributed by atoms with Gasteiger partial charge in [0.15, 0.2) is 0 Å². The summed E-state index contributed by atoms with van der Waals surface area (Å²) in [6.07, 6.45) is 0.131. The molecule has 0 atom stereocenters. The lowest BCUT2D eigenvalue weighted by atomic mass is 9.94. The molecule has 0 bridgehead atoms. The number of anilines is 3. The minimum atomic E-state index is -4.57. The monoisotopic (exact) mass is 493 g/mol. The molecule has 2 aromatic heterocycles. The second-order valence-corrected chi connectivity index (χ2v) is 8.33. The van der Waals surface area contributed by atoms with Gasteiger partial charge in [-0.25, -0.2) is 4.98 Å². The molecule has 0 aliphatic carbocycles. The summed E-state index contributed by atoms with van der Waals surface area (Å²) < 4.78 is 39.1. The second-order valence-electron chi connectivity index (χ2n) is 8.33. The van der Waals surface area contributed by atoms with Crippen LogP contribution in [0.25, 0.3) is 11.6 Å². The Hall–Kier alpha value is -4.28. The van der Waals surface area contributed by atoms with Crippen molar-refractivity contribution in [1.29, 1.82) is 0 Å². The maximum absolute atomic E-state index is 13.0. The predicted octanol–water partition coefficient (Wildman–Crippen LogP) is 4.66. The fraction of sp³-hybridized carbons (Fsp3) is 0.240. The number of fused-ring (bicyclic) bond motifs is 3. The quantitative estimate of drug-likeness (QED) is 0.537. The van der Waals surface area contributed by atoms with Crippen LogP contribution in [0, 0.1) is 6.92 Å². The van der Waals surface area contributed by atoms with Crippen molar-refractivity contribution in [3.05, 3.63) is 70.7 Å². The lowest BCUT2D eigenvalue weighted by Crippen LogP contribution is -2.32. The molecular formula is C25H22F3N7O. The molecule has 1 aromatic carbocycles. The normalized spacial score (nSPS) is 14.5. The maximum atomic E-state index is 13.0. The first kappa shape index (κ1) is 23.5.